The van der Waals surface area contributed by atoms with Crippen molar-refractivity contribution >= 4 is 54.5 Å². The van der Waals surface area contributed by atoms with Crippen LogP contribution < -0.4 is 0 Å². The number of benzene rings is 7. The molecule has 0 spiro atoms. The van der Waals surface area contributed by atoms with E-state index in [0.717, 1.165) is 66.5 Å². The predicted octanol–water partition coefficient (Wildman–Crippen LogP) is 11.6. The lowest BCUT2D eigenvalue weighted by Crippen LogP contribution is -1.96. The summed E-state index contributed by atoms with van der Waals surface area (Å²) in [5, 5.41) is 6.86. The van der Waals surface area contributed by atoms with Gasteiger partial charge in [-0.2, -0.15) is 0 Å². The fourth-order valence-electron chi connectivity index (χ4n) is 7.23. The fraction of sp³-hybridized carbons (Fsp3) is 0. The standard InChI is InChI=1S/C44H27N3O/c1-3-13-28(14-4-1)37-27-38(29-15-5-2-6-16-29)46-44(45-37)36-26-42-43(34-20-8-7-17-31(34)36)35-24-23-30(25-41(35)48-42)47-39-21-11-9-18-32(39)33-19-10-12-22-40(33)47/h1-27H. The Labute approximate surface area is 276 Å². The predicted molar refractivity (Wildman–Crippen MR) is 197 cm³/mol. The van der Waals surface area contributed by atoms with Gasteiger partial charge in [0.05, 0.1) is 22.4 Å². The van der Waals surface area contributed by atoms with Crippen LogP contribution in [0.25, 0.3) is 94.1 Å². The normalized spacial score (nSPS) is 11.8. The van der Waals surface area contributed by atoms with Crippen LogP contribution in [-0.2, 0) is 0 Å². The van der Waals surface area contributed by atoms with E-state index in [0.29, 0.717) is 5.82 Å². The maximum atomic E-state index is 6.75. The molecule has 0 saturated heterocycles. The molecule has 0 bridgehead atoms. The minimum atomic E-state index is 0.666. The molecule has 3 aromatic heterocycles. The minimum Gasteiger partial charge on any atom is -0.456 e. The van der Waals surface area contributed by atoms with Crippen molar-refractivity contribution in [2.24, 2.45) is 0 Å². The van der Waals surface area contributed by atoms with Crippen LogP contribution in [0.1, 0.15) is 0 Å². The lowest BCUT2D eigenvalue weighted by molar-refractivity contribution is 0.669. The molecular weight excluding hydrogens is 587 g/mol. The summed E-state index contributed by atoms with van der Waals surface area (Å²) in [7, 11) is 0. The van der Waals surface area contributed by atoms with Crippen molar-refractivity contribution in [3.63, 3.8) is 0 Å². The first-order valence-electron chi connectivity index (χ1n) is 16.2. The topological polar surface area (TPSA) is 43.9 Å². The van der Waals surface area contributed by atoms with Crippen LogP contribution in [0.4, 0.5) is 0 Å². The first kappa shape index (κ1) is 26.7. The highest BCUT2D eigenvalue weighted by Crippen LogP contribution is 2.41. The van der Waals surface area contributed by atoms with Crippen LogP contribution in [0.15, 0.2) is 168 Å². The molecule has 0 amide bonds. The van der Waals surface area contributed by atoms with Crippen LogP contribution in [0, 0.1) is 0 Å². The van der Waals surface area contributed by atoms with Crippen molar-refractivity contribution in [2.75, 3.05) is 0 Å². The van der Waals surface area contributed by atoms with E-state index in [4.69, 9.17) is 14.4 Å². The van der Waals surface area contributed by atoms with E-state index >= 15 is 0 Å². The third kappa shape index (κ3) is 4.10. The zero-order valence-electron chi connectivity index (χ0n) is 25.8. The van der Waals surface area contributed by atoms with Crippen molar-refractivity contribution < 1.29 is 4.42 Å². The second-order valence-electron chi connectivity index (χ2n) is 12.2. The summed E-state index contributed by atoms with van der Waals surface area (Å²) in [6, 6.07) is 57.1. The van der Waals surface area contributed by atoms with Crippen molar-refractivity contribution in [2.45, 2.75) is 0 Å². The van der Waals surface area contributed by atoms with Crippen LogP contribution >= 0.6 is 0 Å². The Morgan fingerprint density at radius 2 is 0.958 bits per heavy atom. The third-order valence-electron chi connectivity index (χ3n) is 9.41. The van der Waals surface area contributed by atoms with E-state index in [-0.39, 0.29) is 0 Å². The summed E-state index contributed by atoms with van der Waals surface area (Å²) in [6.45, 7) is 0. The van der Waals surface area contributed by atoms with Gasteiger partial charge in [-0.05, 0) is 47.2 Å². The Balaban J connectivity index is 1.22. The second-order valence-corrected chi connectivity index (χ2v) is 12.2. The number of rotatable bonds is 4. The van der Waals surface area contributed by atoms with Gasteiger partial charge in [0.2, 0.25) is 0 Å². The highest BCUT2D eigenvalue weighted by Gasteiger charge is 2.19. The molecule has 0 aliphatic rings. The molecule has 0 radical (unpaired) electrons. The van der Waals surface area contributed by atoms with Gasteiger partial charge in [-0.3, -0.25) is 0 Å². The summed E-state index contributed by atoms with van der Waals surface area (Å²) in [4.78, 5) is 10.3. The van der Waals surface area contributed by atoms with Gasteiger partial charge in [0.25, 0.3) is 0 Å². The maximum Gasteiger partial charge on any atom is 0.161 e. The van der Waals surface area contributed by atoms with E-state index in [9.17, 15) is 0 Å². The molecule has 0 aliphatic carbocycles. The average molecular weight is 614 g/mol. The summed E-state index contributed by atoms with van der Waals surface area (Å²) in [5.41, 5.74) is 9.86. The number of hydrogen-bond donors (Lipinski definition) is 0. The molecule has 10 rings (SSSR count). The van der Waals surface area contributed by atoms with Gasteiger partial charge in [-0.1, -0.05) is 121 Å². The number of furan rings is 1. The zero-order valence-corrected chi connectivity index (χ0v) is 25.8. The van der Waals surface area contributed by atoms with E-state index in [2.05, 4.69) is 132 Å². The van der Waals surface area contributed by atoms with E-state index in [1.165, 1.54) is 21.8 Å². The Kier molecular flexibility index (Phi) is 5.84. The summed E-state index contributed by atoms with van der Waals surface area (Å²) in [5.74, 6) is 0.666. The zero-order chi connectivity index (χ0) is 31.6. The molecule has 0 saturated carbocycles. The summed E-state index contributed by atoms with van der Waals surface area (Å²) in [6.07, 6.45) is 0. The van der Waals surface area contributed by atoms with Gasteiger partial charge in [0.1, 0.15) is 11.2 Å². The van der Waals surface area contributed by atoms with Crippen molar-refractivity contribution in [3.8, 4) is 39.6 Å². The van der Waals surface area contributed by atoms with Crippen LogP contribution in [0.5, 0.6) is 0 Å². The molecular formula is C44H27N3O. The SMILES string of the molecule is c1ccc(-c2cc(-c3ccccc3)nc(-c3cc4oc5cc(-n6c7ccccc7c7ccccc76)ccc5c4c4ccccc34)n2)cc1. The smallest absolute Gasteiger partial charge is 0.161 e. The first-order valence-corrected chi connectivity index (χ1v) is 16.2. The van der Waals surface area contributed by atoms with Gasteiger partial charge < -0.3 is 8.98 Å². The monoisotopic (exact) mass is 613 g/mol. The van der Waals surface area contributed by atoms with Crippen molar-refractivity contribution in [1.29, 1.82) is 0 Å². The number of hydrogen-bond acceptors (Lipinski definition) is 3. The molecule has 7 aromatic carbocycles. The Hall–Kier alpha value is -6.52. The molecule has 0 unspecified atom stereocenters. The molecule has 4 heteroatoms. The van der Waals surface area contributed by atoms with E-state index in [1.54, 1.807) is 0 Å². The Morgan fingerprint density at radius 1 is 0.417 bits per heavy atom. The fourth-order valence-corrected chi connectivity index (χ4v) is 7.23. The molecule has 48 heavy (non-hydrogen) atoms. The van der Waals surface area contributed by atoms with E-state index < -0.39 is 0 Å². The number of fused-ring (bicyclic) bond motifs is 8. The van der Waals surface area contributed by atoms with Gasteiger partial charge in [0, 0.05) is 50.0 Å². The Morgan fingerprint density at radius 3 is 1.58 bits per heavy atom. The second kappa shape index (κ2) is 10.5. The maximum absolute atomic E-state index is 6.75. The molecule has 0 aliphatic heterocycles. The third-order valence-corrected chi connectivity index (χ3v) is 9.41. The average Bonchev–Trinajstić information content (AvgIpc) is 3.70. The number of nitrogens with zero attached hydrogens (tertiary/aromatic N) is 3. The number of aromatic nitrogens is 3. The molecule has 10 aromatic rings. The molecule has 3 heterocycles. The summed E-state index contributed by atoms with van der Waals surface area (Å²) < 4.78 is 9.07. The number of para-hydroxylation sites is 2. The van der Waals surface area contributed by atoms with E-state index in [1.807, 2.05) is 36.4 Å². The van der Waals surface area contributed by atoms with Gasteiger partial charge in [-0.15, -0.1) is 0 Å². The highest BCUT2D eigenvalue weighted by atomic mass is 16.3. The van der Waals surface area contributed by atoms with Crippen LogP contribution in [-0.4, -0.2) is 14.5 Å². The lowest BCUT2D eigenvalue weighted by atomic mass is 9.98. The quantitative estimate of drug-likeness (QED) is 0.198. The molecule has 224 valence electrons. The largest absolute Gasteiger partial charge is 0.456 e. The van der Waals surface area contributed by atoms with Gasteiger partial charge in [-0.25, -0.2) is 9.97 Å². The van der Waals surface area contributed by atoms with Crippen LogP contribution in [0.2, 0.25) is 0 Å². The van der Waals surface area contributed by atoms with Gasteiger partial charge in [0.15, 0.2) is 5.82 Å². The molecule has 0 atom stereocenters. The Bertz CT molecular complexity index is 2720. The van der Waals surface area contributed by atoms with Crippen molar-refractivity contribution in [3.05, 3.63) is 164 Å². The molecule has 0 fully saturated rings. The van der Waals surface area contributed by atoms with Crippen LogP contribution in [0.3, 0.4) is 0 Å². The lowest BCUT2D eigenvalue weighted by Gasteiger charge is -2.12. The highest BCUT2D eigenvalue weighted by molar-refractivity contribution is 6.22. The van der Waals surface area contributed by atoms with Crippen molar-refractivity contribution in [1.82, 2.24) is 14.5 Å². The van der Waals surface area contributed by atoms with Gasteiger partial charge >= 0.3 is 0 Å². The first-order chi connectivity index (χ1) is 23.8. The minimum absolute atomic E-state index is 0.666. The molecule has 4 nitrogen and oxygen atoms in total. The summed E-state index contributed by atoms with van der Waals surface area (Å²) >= 11 is 0. The molecule has 0 N–H and O–H groups in total.